The van der Waals surface area contributed by atoms with Gasteiger partial charge < -0.3 is 9.13 Å². The van der Waals surface area contributed by atoms with Gasteiger partial charge in [0.15, 0.2) is 5.69 Å². The second-order valence-corrected chi connectivity index (χ2v) is 23.2. The van der Waals surface area contributed by atoms with Crippen LogP contribution < -0.4 is 0 Å². The normalized spacial score (nSPS) is 11.9. The average Bonchev–Trinajstić information content (AvgIpc) is 4.15. The summed E-state index contributed by atoms with van der Waals surface area (Å²) in [6.07, 6.45) is -4.69. The third-order valence-electron chi connectivity index (χ3n) is 16.9. The standard InChI is InChI=1S/C75H64F3N3/c1-40-26-45(6)70(46(7)27-40)53-18-22-64-57(34-53)58-35-54(71-47(8)28-41(2)29-48(71)9)19-23-65(58)80(64)68-38-61(74-44(5)16-15-17-62(74)75(76,77)78)63(79-14)39-69(68)81-66-24-20-55(72-49(10)30-42(3)31-50(72)11)36-59(66)60-37-56(21-25-67(60)81)73-51(12)32-43(4)33-52(73)13/h15-39H,1-13H3. The molecule has 0 unspecified atom stereocenters. The molecular formula is C75H64F3N3. The fourth-order valence-corrected chi connectivity index (χ4v) is 14.2. The number of fused-ring (bicyclic) bond motifs is 6. The van der Waals surface area contributed by atoms with Crippen LogP contribution in [-0.4, -0.2) is 9.13 Å². The predicted molar refractivity (Wildman–Crippen MR) is 335 cm³/mol. The van der Waals surface area contributed by atoms with Crippen LogP contribution in [0.15, 0.2) is 152 Å². The molecule has 3 nitrogen and oxygen atoms in total. The lowest BCUT2D eigenvalue weighted by molar-refractivity contribution is -0.137. The van der Waals surface area contributed by atoms with Crippen molar-refractivity contribution in [2.75, 3.05) is 0 Å². The number of hydrogen-bond acceptors (Lipinski definition) is 0. The minimum atomic E-state index is -4.69. The molecule has 0 radical (unpaired) electrons. The summed E-state index contributed by atoms with van der Waals surface area (Å²) in [7, 11) is 0. The number of aryl methyl sites for hydroxylation is 13. The summed E-state index contributed by atoms with van der Waals surface area (Å²) in [5, 5.41) is 4.05. The van der Waals surface area contributed by atoms with Crippen molar-refractivity contribution < 1.29 is 13.2 Å². The topological polar surface area (TPSA) is 14.2 Å². The molecule has 0 atom stereocenters. The number of alkyl halides is 3. The maximum Gasteiger partial charge on any atom is 0.416 e. The summed E-state index contributed by atoms with van der Waals surface area (Å²) >= 11 is 0. The second kappa shape index (κ2) is 19.4. The lowest BCUT2D eigenvalue weighted by Gasteiger charge is -2.22. The van der Waals surface area contributed by atoms with Gasteiger partial charge in [-0.15, -0.1) is 0 Å². The van der Waals surface area contributed by atoms with Crippen LogP contribution in [0.4, 0.5) is 18.9 Å². The SMILES string of the molecule is [C-]#[N+]c1cc(-n2c3ccc(-c4c(C)cc(C)cc4C)cc3c3cc(-c4c(C)cc(C)cc4C)ccc32)c(-n2c3ccc(-c4c(C)cc(C)cc4C)cc3c3cc(-c4c(C)cc(C)cc4C)ccc32)cc1-c1c(C)cccc1C(F)(F)F. The second-order valence-electron chi connectivity index (χ2n) is 23.2. The van der Waals surface area contributed by atoms with Crippen LogP contribution in [0.25, 0.3) is 115 Å². The van der Waals surface area contributed by atoms with Crippen molar-refractivity contribution in [1.82, 2.24) is 9.13 Å². The van der Waals surface area contributed by atoms with E-state index in [9.17, 15) is 0 Å². The van der Waals surface area contributed by atoms with Crippen LogP contribution in [-0.2, 0) is 6.18 Å². The van der Waals surface area contributed by atoms with E-state index < -0.39 is 11.7 Å². The van der Waals surface area contributed by atoms with Crippen LogP contribution in [0.1, 0.15) is 77.9 Å². The van der Waals surface area contributed by atoms with Gasteiger partial charge >= 0.3 is 6.18 Å². The molecule has 0 aliphatic heterocycles. The Hall–Kier alpha value is -8.92. The first-order chi connectivity index (χ1) is 38.6. The van der Waals surface area contributed by atoms with Crippen LogP contribution >= 0.6 is 0 Å². The van der Waals surface area contributed by atoms with Gasteiger partial charge in [0.1, 0.15) is 0 Å². The third-order valence-corrected chi connectivity index (χ3v) is 16.9. The molecular weight excluding hydrogens is 1000 g/mol. The first-order valence-corrected chi connectivity index (χ1v) is 27.8. The first-order valence-electron chi connectivity index (χ1n) is 27.8. The van der Waals surface area contributed by atoms with Gasteiger partial charge in [-0.25, -0.2) is 4.85 Å². The summed E-state index contributed by atoms with van der Waals surface area (Å²) < 4.78 is 50.9. The highest BCUT2D eigenvalue weighted by atomic mass is 19.4. The maximum atomic E-state index is 15.5. The van der Waals surface area contributed by atoms with Gasteiger partial charge in [-0.2, -0.15) is 13.2 Å². The smallest absolute Gasteiger partial charge is 0.308 e. The fourth-order valence-electron chi connectivity index (χ4n) is 14.2. The number of halogens is 3. The quantitative estimate of drug-likeness (QED) is 0.141. The summed E-state index contributed by atoms with van der Waals surface area (Å²) in [4.78, 5) is 4.15. The number of aromatic nitrogens is 2. The van der Waals surface area contributed by atoms with Gasteiger partial charge in [-0.3, -0.25) is 0 Å². The van der Waals surface area contributed by atoms with Crippen molar-refractivity contribution in [3.05, 3.63) is 241 Å². The molecule has 12 rings (SSSR count). The molecule has 2 heterocycles. The van der Waals surface area contributed by atoms with Crippen LogP contribution in [0, 0.1) is 96.6 Å². The molecule has 6 heteroatoms. The average molecular weight is 1060 g/mol. The Kier molecular flexibility index (Phi) is 12.6. The van der Waals surface area contributed by atoms with Crippen molar-refractivity contribution in [3.8, 4) is 67.0 Å². The minimum Gasteiger partial charge on any atom is -0.308 e. The van der Waals surface area contributed by atoms with Crippen molar-refractivity contribution in [2.45, 2.75) is 96.2 Å². The lowest BCUT2D eigenvalue weighted by atomic mass is 9.91. The third kappa shape index (κ3) is 8.73. The Morgan fingerprint density at radius 3 is 0.914 bits per heavy atom. The molecule has 0 saturated carbocycles. The van der Waals surface area contributed by atoms with Gasteiger partial charge in [0.05, 0.1) is 45.6 Å². The summed E-state index contributed by atoms with van der Waals surface area (Å²) in [5.74, 6) is 0. The Morgan fingerprint density at radius 1 is 0.333 bits per heavy atom. The van der Waals surface area contributed by atoms with Crippen LogP contribution in [0.5, 0.6) is 0 Å². The summed E-state index contributed by atoms with van der Waals surface area (Å²) in [6, 6.07) is 52.5. The van der Waals surface area contributed by atoms with Gasteiger partial charge in [0, 0.05) is 21.5 Å². The Balaban J connectivity index is 1.25. The Bertz CT molecular complexity index is 4400. The number of nitrogens with zero attached hydrogens (tertiary/aromatic N) is 3. The molecule has 0 spiro atoms. The van der Waals surface area contributed by atoms with Crippen molar-refractivity contribution in [2.24, 2.45) is 0 Å². The van der Waals surface area contributed by atoms with E-state index in [1.54, 1.807) is 13.0 Å². The van der Waals surface area contributed by atoms with E-state index >= 15 is 13.2 Å². The molecule has 10 aromatic carbocycles. The molecule has 0 fully saturated rings. The molecule has 400 valence electrons. The molecule has 12 aromatic rings. The zero-order valence-electron chi connectivity index (χ0n) is 48.4. The van der Waals surface area contributed by atoms with Crippen molar-refractivity contribution in [3.63, 3.8) is 0 Å². The molecule has 81 heavy (non-hydrogen) atoms. The van der Waals surface area contributed by atoms with E-state index in [4.69, 9.17) is 6.57 Å². The van der Waals surface area contributed by atoms with Crippen LogP contribution in [0.3, 0.4) is 0 Å². The van der Waals surface area contributed by atoms with E-state index in [0.29, 0.717) is 16.9 Å². The van der Waals surface area contributed by atoms with E-state index in [1.165, 1.54) is 95.1 Å². The maximum absolute atomic E-state index is 15.5. The molecule has 0 bridgehead atoms. The summed E-state index contributed by atoms with van der Waals surface area (Å²) in [5.41, 5.74) is 28.2. The minimum absolute atomic E-state index is 0.00559. The molecule has 2 aromatic heterocycles. The van der Waals surface area contributed by atoms with Crippen LogP contribution in [0.2, 0.25) is 0 Å². The summed E-state index contributed by atoms with van der Waals surface area (Å²) in [6.45, 7) is 36.5. The van der Waals surface area contributed by atoms with Gasteiger partial charge in [0.25, 0.3) is 0 Å². The largest absolute Gasteiger partial charge is 0.416 e. The molecule has 0 saturated heterocycles. The Morgan fingerprint density at radius 2 is 0.630 bits per heavy atom. The molecule has 0 N–H and O–H groups in total. The highest BCUT2D eigenvalue weighted by molar-refractivity contribution is 6.15. The van der Waals surface area contributed by atoms with Gasteiger partial charge in [-0.1, -0.05) is 107 Å². The Labute approximate surface area is 473 Å². The first kappa shape index (κ1) is 52.8. The number of benzene rings is 10. The zero-order valence-corrected chi connectivity index (χ0v) is 48.4. The molecule has 0 amide bonds. The zero-order chi connectivity index (χ0) is 57.2. The van der Waals surface area contributed by atoms with E-state index in [1.807, 2.05) is 12.1 Å². The van der Waals surface area contributed by atoms with E-state index in [2.05, 4.69) is 218 Å². The fraction of sp³-hybridized carbons (Fsp3) is 0.187. The van der Waals surface area contributed by atoms with Gasteiger partial charge in [-0.05, 0) is 262 Å². The van der Waals surface area contributed by atoms with Crippen molar-refractivity contribution in [1.29, 1.82) is 0 Å². The van der Waals surface area contributed by atoms with E-state index in [0.717, 1.165) is 71.9 Å². The monoisotopic (exact) mass is 1060 g/mol. The number of rotatable bonds is 7. The highest BCUT2D eigenvalue weighted by Gasteiger charge is 2.35. The molecule has 0 aliphatic rings. The van der Waals surface area contributed by atoms with Gasteiger partial charge in [0.2, 0.25) is 0 Å². The number of hydrogen-bond donors (Lipinski definition) is 0. The van der Waals surface area contributed by atoms with E-state index in [-0.39, 0.29) is 16.8 Å². The predicted octanol–water partition coefficient (Wildman–Crippen LogP) is 21.8. The molecule has 0 aliphatic carbocycles. The van der Waals surface area contributed by atoms with Crippen molar-refractivity contribution >= 4 is 49.3 Å². The lowest BCUT2D eigenvalue weighted by Crippen LogP contribution is -2.09. The highest BCUT2D eigenvalue weighted by Crippen LogP contribution is 2.49.